The topological polar surface area (TPSA) is 30.8 Å². The van der Waals surface area contributed by atoms with Crippen LogP contribution in [0, 0.1) is 5.41 Å². The van der Waals surface area contributed by atoms with E-state index < -0.39 is 0 Å². The molecule has 0 N–H and O–H groups in total. The fourth-order valence-electron chi connectivity index (χ4n) is 3.53. The van der Waals surface area contributed by atoms with Gasteiger partial charge in [-0.2, -0.15) is 0 Å². The van der Waals surface area contributed by atoms with Gasteiger partial charge in [0.1, 0.15) is 11.5 Å². The number of nitrogens with zero attached hydrogens (tertiary/aromatic N) is 1. The molecule has 0 radical (unpaired) electrons. The maximum Gasteiger partial charge on any atom is 0.133 e. The first-order valence-electron chi connectivity index (χ1n) is 14.5. The smallest absolute Gasteiger partial charge is 0.133 e. The number of oxime groups is 1. The predicted octanol–water partition coefficient (Wildman–Crippen LogP) is 11.2. The number of hydrogen-bond donors (Lipinski definition) is 0. The van der Waals surface area contributed by atoms with Crippen LogP contribution in [0.15, 0.2) is 78.4 Å². The SMILES string of the molecule is C=C1CC(C(C)(C)C)=NO1.C=C1CCc2cc(C(C)(C)C)ccc2O1.CC.CC.CC(C)(C)c1ccccc1. The summed E-state index contributed by atoms with van der Waals surface area (Å²) in [5.41, 5.74) is 5.80. The maximum atomic E-state index is 5.60. The van der Waals surface area contributed by atoms with Gasteiger partial charge < -0.3 is 9.57 Å². The summed E-state index contributed by atoms with van der Waals surface area (Å²) in [5, 5.41) is 3.91. The van der Waals surface area contributed by atoms with E-state index in [-0.39, 0.29) is 10.8 Å². The normalized spacial score (nSPS) is 14.1. The van der Waals surface area contributed by atoms with Crippen molar-refractivity contribution < 1.29 is 9.57 Å². The van der Waals surface area contributed by atoms with Crippen molar-refractivity contribution in [3.63, 3.8) is 0 Å². The molecule has 0 unspecified atom stereocenters. The summed E-state index contributed by atoms with van der Waals surface area (Å²) in [6.07, 6.45) is 2.79. The van der Waals surface area contributed by atoms with Crippen LogP contribution in [0.2, 0.25) is 0 Å². The molecule has 3 heteroatoms. The average molecular weight is 536 g/mol. The highest BCUT2D eigenvalue weighted by atomic mass is 16.6. The van der Waals surface area contributed by atoms with Crippen molar-refractivity contribution >= 4 is 5.71 Å². The third kappa shape index (κ3) is 13.2. The molecule has 0 spiro atoms. The zero-order valence-electron chi connectivity index (χ0n) is 27.4. The first kappa shape index (κ1) is 36.2. The zero-order chi connectivity index (χ0) is 30.4. The van der Waals surface area contributed by atoms with Crippen LogP contribution in [0.25, 0.3) is 0 Å². The number of rotatable bonds is 0. The molecule has 4 rings (SSSR count). The predicted molar refractivity (Wildman–Crippen MR) is 173 cm³/mol. The van der Waals surface area contributed by atoms with Gasteiger partial charge in [0.2, 0.25) is 0 Å². The standard InChI is InChI=1S/C14H18O.C10H14.C8H13NO.2C2H6/c1-10-5-6-11-9-12(14(2,3)4)7-8-13(11)15-10;1-10(2,3)9-7-5-4-6-8-9;1-6-5-7(9-10-6)8(2,3)4;2*1-2/h7-9H,1,5-6H2,2-4H3;4-8H,1-3H3;1,5H2,2-4H3;2*1-2H3. The Morgan fingerprint density at radius 2 is 1.18 bits per heavy atom. The molecule has 0 fully saturated rings. The van der Waals surface area contributed by atoms with E-state index >= 15 is 0 Å². The second-order valence-corrected chi connectivity index (χ2v) is 12.4. The highest BCUT2D eigenvalue weighted by Crippen LogP contribution is 2.33. The Hall–Kier alpha value is -2.81. The fraction of sp³-hybridized carbons (Fsp3) is 0.528. The molecule has 2 aromatic carbocycles. The first-order valence-corrected chi connectivity index (χ1v) is 14.5. The second kappa shape index (κ2) is 16.3. The van der Waals surface area contributed by atoms with Gasteiger partial charge in [-0.15, -0.1) is 0 Å². The van der Waals surface area contributed by atoms with Crippen molar-refractivity contribution in [1.82, 2.24) is 0 Å². The fourth-order valence-corrected chi connectivity index (χ4v) is 3.53. The van der Waals surface area contributed by atoms with Crippen LogP contribution < -0.4 is 4.74 Å². The van der Waals surface area contributed by atoms with Crippen molar-refractivity contribution in [2.75, 3.05) is 0 Å². The van der Waals surface area contributed by atoms with Crippen molar-refractivity contribution in [3.05, 3.63) is 89.9 Å². The van der Waals surface area contributed by atoms with E-state index in [1.807, 2.05) is 27.7 Å². The van der Waals surface area contributed by atoms with E-state index in [0.29, 0.717) is 5.41 Å². The second-order valence-electron chi connectivity index (χ2n) is 12.4. The van der Waals surface area contributed by atoms with Gasteiger partial charge in [0.05, 0.1) is 17.9 Å². The van der Waals surface area contributed by atoms with Crippen LogP contribution in [-0.2, 0) is 22.1 Å². The third-order valence-corrected chi connectivity index (χ3v) is 6.01. The minimum Gasteiger partial charge on any atom is -0.462 e. The quantitative estimate of drug-likeness (QED) is 0.336. The number of fused-ring (bicyclic) bond motifs is 1. The minimum atomic E-state index is 0.124. The van der Waals surface area contributed by atoms with Gasteiger partial charge in [-0.3, -0.25) is 0 Å². The molecule has 2 aromatic rings. The van der Waals surface area contributed by atoms with Gasteiger partial charge in [0, 0.05) is 11.8 Å². The van der Waals surface area contributed by atoms with Crippen LogP contribution in [0.4, 0.5) is 0 Å². The Bertz CT molecular complexity index is 1040. The van der Waals surface area contributed by atoms with Crippen molar-refractivity contribution in [2.24, 2.45) is 10.6 Å². The van der Waals surface area contributed by atoms with E-state index in [1.165, 1.54) is 16.7 Å². The number of hydrogen-bond acceptors (Lipinski definition) is 3. The van der Waals surface area contributed by atoms with E-state index in [1.54, 1.807) is 0 Å². The largest absolute Gasteiger partial charge is 0.462 e. The number of ether oxygens (including phenoxy) is 1. The third-order valence-electron chi connectivity index (χ3n) is 6.01. The lowest BCUT2D eigenvalue weighted by Gasteiger charge is -2.24. The molecule has 2 aliphatic rings. The molecule has 3 nitrogen and oxygen atoms in total. The molecular weight excluding hydrogens is 478 g/mol. The first-order chi connectivity index (χ1) is 18.1. The van der Waals surface area contributed by atoms with Crippen molar-refractivity contribution in [3.8, 4) is 5.75 Å². The molecule has 0 amide bonds. The van der Waals surface area contributed by atoms with E-state index in [2.05, 4.69) is 129 Å². The number of aryl methyl sites for hydroxylation is 1. The Kier molecular flexibility index (Phi) is 15.2. The van der Waals surface area contributed by atoms with Crippen LogP contribution >= 0.6 is 0 Å². The van der Waals surface area contributed by atoms with Crippen molar-refractivity contribution in [2.45, 2.75) is 120 Å². The van der Waals surface area contributed by atoms with Crippen LogP contribution in [0.1, 0.15) is 120 Å². The molecule has 0 saturated heterocycles. The lowest BCUT2D eigenvalue weighted by molar-refractivity contribution is 0.245. The maximum absolute atomic E-state index is 5.60. The van der Waals surface area contributed by atoms with Gasteiger partial charge in [-0.05, 0) is 40.0 Å². The molecule has 2 aliphatic heterocycles. The molecule has 218 valence electrons. The van der Waals surface area contributed by atoms with E-state index in [9.17, 15) is 0 Å². The van der Waals surface area contributed by atoms with E-state index in [0.717, 1.165) is 42.2 Å². The molecule has 0 aliphatic carbocycles. The molecule has 0 bridgehead atoms. The summed E-state index contributed by atoms with van der Waals surface area (Å²) in [4.78, 5) is 4.89. The highest BCUT2D eigenvalue weighted by Gasteiger charge is 2.24. The zero-order valence-corrected chi connectivity index (χ0v) is 27.4. The van der Waals surface area contributed by atoms with Crippen LogP contribution in [-0.4, -0.2) is 5.71 Å². The molecule has 0 atom stereocenters. The summed E-state index contributed by atoms with van der Waals surface area (Å²) in [5.74, 6) is 2.62. The lowest BCUT2D eigenvalue weighted by Crippen LogP contribution is -2.17. The minimum absolute atomic E-state index is 0.124. The Labute approximate surface area is 241 Å². The van der Waals surface area contributed by atoms with Gasteiger partial charge in [0.15, 0.2) is 0 Å². The summed E-state index contributed by atoms with van der Waals surface area (Å²) in [6.45, 7) is 35.3. The summed E-state index contributed by atoms with van der Waals surface area (Å²) in [6, 6.07) is 17.0. The molecule has 39 heavy (non-hydrogen) atoms. The monoisotopic (exact) mass is 535 g/mol. The van der Waals surface area contributed by atoms with Gasteiger partial charge in [-0.25, -0.2) is 0 Å². The number of benzene rings is 2. The summed E-state index contributed by atoms with van der Waals surface area (Å²) in [7, 11) is 0. The average Bonchev–Trinajstić information content (AvgIpc) is 3.33. The van der Waals surface area contributed by atoms with E-state index in [4.69, 9.17) is 9.57 Å². The molecule has 0 saturated carbocycles. The van der Waals surface area contributed by atoms with Crippen molar-refractivity contribution in [1.29, 1.82) is 0 Å². The lowest BCUT2D eigenvalue weighted by atomic mass is 9.85. The molecular formula is C36H57NO2. The number of allylic oxidation sites excluding steroid dienone is 2. The van der Waals surface area contributed by atoms with Crippen LogP contribution in [0.3, 0.4) is 0 Å². The molecule has 0 aromatic heterocycles. The van der Waals surface area contributed by atoms with Crippen LogP contribution in [0.5, 0.6) is 5.75 Å². The Morgan fingerprint density at radius 1 is 0.641 bits per heavy atom. The molecule has 2 heterocycles. The van der Waals surface area contributed by atoms with Gasteiger partial charge in [0.25, 0.3) is 0 Å². The van der Waals surface area contributed by atoms with Gasteiger partial charge in [-0.1, -0.05) is 151 Å². The summed E-state index contributed by atoms with van der Waals surface area (Å²) < 4.78 is 5.60. The highest BCUT2D eigenvalue weighted by molar-refractivity contribution is 5.91. The Morgan fingerprint density at radius 3 is 1.56 bits per heavy atom. The van der Waals surface area contributed by atoms with Gasteiger partial charge >= 0.3 is 0 Å². The Balaban J connectivity index is 0.000000536. The summed E-state index contributed by atoms with van der Waals surface area (Å²) >= 11 is 0.